The van der Waals surface area contributed by atoms with E-state index >= 15 is 0 Å². The van der Waals surface area contributed by atoms with Crippen molar-refractivity contribution in [3.05, 3.63) is 0 Å². The van der Waals surface area contributed by atoms with E-state index in [-0.39, 0.29) is 16.9 Å². The molecule has 3 saturated carbocycles. The zero-order chi connectivity index (χ0) is 11.1. The first kappa shape index (κ1) is 9.64. The van der Waals surface area contributed by atoms with Crippen LogP contribution in [0.3, 0.4) is 0 Å². The molecule has 16 heavy (non-hydrogen) atoms. The summed E-state index contributed by atoms with van der Waals surface area (Å²) in [6, 6.07) is 0. The Balaban J connectivity index is 1.85. The summed E-state index contributed by atoms with van der Waals surface area (Å²) in [6.07, 6.45) is 4.40. The van der Waals surface area contributed by atoms with Crippen molar-refractivity contribution < 1.29 is 9.53 Å². The Hall–Kier alpha value is -0.370. The summed E-state index contributed by atoms with van der Waals surface area (Å²) in [5.41, 5.74) is 0.167. The van der Waals surface area contributed by atoms with Crippen molar-refractivity contribution in [2.45, 2.75) is 45.1 Å². The summed E-state index contributed by atoms with van der Waals surface area (Å²) < 4.78 is 6.24. The molecule has 88 valence electrons. The highest BCUT2D eigenvalue weighted by molar-refractivity contribution is 5.85. The van der Waals surface area contributed by atoms with Crippen LogP contribution in [0, 0.1) is 29.1 Å². The molecule has 0 N–H and O–H groups in total. The van der Waals surface area contributed by atoms with Gasteiger partial charge in [0.2, 0.25) is 0 Å². The van der Waals surface area contributed by atoms with Gasteiger partial charge in [-0.25, -0.2) is 0 Å². The number of rotatable bonds is 0. The van der Waals surface area contributed by atoms with Gasteiger partial charge in [-0.3, -0.25) is 4.79 Å². The van der Waals surface area contributed by atoms with Gasteiger partial charge in [-0.2, -0.15) is 0 Å². The Kier molecular flexibility index (Phi) is 1.54. The van der Waals surface area contributed by atoms with Crippen LogP contribution in [0.2, 0.25) is 0 Å². The minimum absolute atomic E-state index is 0.0475. The minimum atomic E-state index is -0.0475. The molecule has 1 heterocycles. The summed E-state index contributed by atoms with van der Waals surface area (Å²) >= 11 is 0. The molecule has 0 aromatic rings. The number of Topliss-reactive ketones (excluding diaryl/α,β-unsaturated/α-hetero) is 1. The van der Waals surface area contributed by atoms with Crippen molar-refractivity contribution in [2.24, 2.45) is 29.1 Å². The predicted octanol–water partition coefficient (Wildman–Crippen LogP) is 2.42. The molecule has 0 bridgehead atoms. The maximum Gasteiger partial charge on any atom is 0.139 e. The molecule has 0 amide bonds. The molecule has 4 rings (SSSR count). The van der Waals surface area contributed by atoms with Crippen molar-refractivity contribution in [3.63, 3.8) is 0 Å². The van der Waals surface area contributed by atoms with E-state index in [1.165, 1.54) is 12.8 Å². The van der Waals surface area contributed by atoms with Crippen molar-refractivity contribution >= 4 is 5.78 Å². The topological polar surface area (TPSA) is 26.3 Å². The summed E-state index contributed by atoms with van der Waals surface area (Å²) in [4.78, 5) is 12.2. The number of hydrogen-bond acceptors (Lipinski definition) is 2. The molecule has 1 aliphatic heterocycles. The lowest BCUT2D eigenvalue weighted by molar-refractivity contribution is -0.244. The van der Waals surface area contributed by atoms with Gasteiger partial charge in [0.25, 0.3) is 0 Å². The third-order valence-electron chi connectivity index (χ3n) is 6.16. The predicted molar refractivity (Wildman–Crippen MR) is 59.9 cm³/mol. The SMILES string of the molecule is CC1(C)CCC(=O)[C@@H]2[C@H]3CC[C@H]4CO[C@]21[C@H]43. The summed E-state index contributed by atoms with van der Waals surface area (Å²) in [6.45, 7) is 5.57. The fourth-order valence-corrected chi connectivity index (χ4v) is 5.51. The second-order valence-corrected chi connectivity index (χ2v) is 6.96. The quantitative estimate of drug-likeness (QED) is 0.626. The summed E-state index contributed by atoms with van der Waals surface area (Å²) in [5.74, 6) is 2.93. The van der Waals surface area contributed by atoms with Crippen molar-refractivity contribution in [3.8, 4) is 0 Å². The zero-order valence-electron chi connectivity index (χ0n) is 10.2. The van der Waals surface area contributed by atoms with Crippen molar-refractivity contribution in [1.29, 1.82) is 0 Å². The molecular formula is C14H20O2. The van der Waals surface area contributed by atoms with Crippen LogP contribution in [0.1, 0.15) is 39.5 Å². The Morgan fingerprint density at radius 3 is 2.94 bits per heavy atom. The highest BCUT2D eigenvalue weighted by Gasteiger charge is 2.77. The van der Waals surface area contributed by atoms with Gasteiger partial charge in [0.05, 0.1) is 18.1 Å². The van der Waals surface area contributed by atoms with E-state index in [0.29, 0.717) is 11.7 Å². The van der Waals surface area contributed by atoms with Gasteiger partial charge in [-0.1, -0.05) is 13.8 Å². The normalized spacial score (nSPS) is 56.8. The van der Waals surface area contributed by atoms with E-state index in [2.05, 4.69) is 13.8 Å². The van der Waals surface area contributed by atoms with E-state index in [4.69, 9.17) is 4.74 Å². The first-order chi connectivity index (χ1) is 7.58. The summed E-state index contributed by atoms with van der Waals surface area (Å²) in [5, 5.41) is 0. The van der Waals surface area contributed by atoms with E-state index < -0.39 is 0 Å². The highest BCUT2D eigenvalue weighted by Crippen LogP contribution is 2.73. The van der Waals surface area contributed by atoms with Gasteiger partial charge in [0.1, 0.15) is 5.78 Å². The number of carbonyl (C=O) groups excluding carboxylic acids is 1. The fraction of sp³-hybridized carbons (Fsp3) is 0.929. The van der Waals surface area contributed by atoms with Gasteiger partial charge in [0, 0.05) is 6.42 Å². The average molecular weight is 220 g/mol. The lowest BCUT2D eigenvalue weighted by Gasteiger charge is -2.64. The second kappa shape index (κ2) is 2.55. The van der Waals surface area contributed by atoms with E-state index in [1.54, 1.807) is 0 Å². The molecule has 0 aromatic carbocycles. The van der Waals surface area contributed by atoms with Crippen molar-refractivity contribution in [2.75, 3.05) is 6.61 Å². The molecular weight excluding hydrogens is 200 g/mol. The van der Waals surface area contributed by atoms with Gasteiger partial charge in [-0.05, 0) is 42.4 Å². The molecule has 0 unspecified atom stereocenters. The fourth-order valence-electron chi connectivity index (χ4n) is 5.51. The van der Waals surface area contributed by atoms with Gasteiger partial charge in [-0.15, -0.1) is 0 Å². The van der Waals surface area contributed by atoms with Gasteiger partial charge < -0.3 is 4.74 Å². The first-order valence-corrected chi connectivity index (χ1v) is 6.74. The number of hydrogen-bond donors (Lipinski definition) is 0. The van der Waals surface area contributed by atoms with Crippen LogP contribution in [0.5, 0.6) is 0 Å². The number of ether oxygens (including phenoxy) is 1. The number of carbonyl (C=O) groups is 1. The Bertz CT molecular complexity index is 373. The van der Waals surface area contributed by atoms with E-state index in [9.17, 15) is 4.79 Å². The Morgan fingerprint density at radius 1 is 1.31 bits per heavy atom. The average Bonchev–Trinajstić information content (AvgIpc) is 2.65. The maximum absolute atomic E-state index is 12.2. The molecule has 0 aromatic heterocycles. The van der Waals surface area contributed by atoms with Crippen molar-refractivity contribution in [1.82, 2.24) is 0 Å². The molecule has 2 nitrogen and oxygen atoms in total. The number of fused-ring (bicyclic) bond motifs is 1. The minimum Gasteiger partial charge on any atom is -0.373 e. The smallest absolute Gasteiger partial charge is 0.139 e. The monoisotopic (exact) mass is 220 g/mol. The molecule has 1 saturated heterocycles. The Morgan fingerprint density at radius 2 is 2.12 bits per heavy atom. The molecule has 3 aliphatic carbocycles. The second-order valence-electron chi connectivity index (χ2n) is 6.96. The molecule has 4 aliphatic rings. The van der Waals surface area contributed by atoms with Crippen LogP contribution in [0.15, 0.2) is 0 Å². The van der Waals surface area contributed by atoms with Crippen LogP contribution < -0.4 is 0 Å². The number of ketones is 1. The van der Waals surface area contributed by atoms with Crippen LogP contribution in [0.4, 0.5) is 0 Å². The van der Waals surface area contributed by atoms with Gasteiger partial charge in [0.15, 0.2) is 0 Å². The molecule has 2 heteroatoms. The highest BCUT2D eigenvalue weighted by atomic mass is 16.5. The third-order valence-corrected chi connectivity index (χ3v) is 6.16. The van der Waals surface area contributed by atoms with Gasteiger partial charge >= 0.3 is 0 Å². The maximum atomic E-state index is 12.2. The van der Waals surface area contributed by atoms with E-state index in [0.717, 1.165) is 31.3 Å². The molecule has 1 spiro atoms. The molecule has 4 fully saturated rings. The molecule has 0 radical (unpaired) electrons. The molecule has 5 atom stereocenters. The van der Waals surface area contributed by atoms with Crippen LogP contribution in [-0.4, -0.2) is 18.0 Å². The summed E-state index contributed by atoms with van der Waals surface area (Å²) in [7, 11) is 0. The lowest BCUT2D eigenvalue weighted by Crippen LogP contribution is -2.71. The standard InChI is InChI=1S/C14H20O2/c1-13(2)6-5-10(15)12-9-4-3-8-7-16-14(12,13)11(8)9/h8-9,11-12H,3-7H2,1-2H3/t8-,9-,11+,12-,14+/m0/s1. The largest absolute Gasteiger partial charge is 0.373 e. The Labute approximate surface area is 96.7 Å². The van der Waals surface area contributed by atoms with Crippen LogP contribution in [-0.2, 0) is 9.53 Å². The first-order valence-electron chi connectivity index (χ1n) is 6.74. The van der Waals surface area contributed by atoms with E-state index in [1.807, 2.05) is 0 Å². The lowest BCUT2D eigenvalue weighted by atomic mass is 9.42. The van der Waals surface area contributed by atoms with Crippen LogP contribution in [0.25, 0.3) is 0 Å². The third kappa shape index (κ3) is 0.756. The zero-order valence-corrected chi connectivity index (χ0v) is 10.2. The van der Waals surface area contributed by atoms with Crippen LogP contribution >= 0.6 is 0 Å².